The Morgan fingerprint density at radius 1 is 0.914 bits per heavy atom. The number of hydrogen-bond acceptors (Lipinski definition) is 5. The molecule has 5 atom stereocenters. The van der Waals surface area contributed by atoms with E-state index in [1.54, 1.807) is 29.2 Å². The van der Waals surface area contributed by atoms with Gasteiger partial charge in [-0.1, -0.05) is 24.3 Å². The van der Waals surface area contributed by atoms with Crippen molar-refractivity contribution < 1.29 is 23.9 Å². The van der Waals surface area contributed by atoms with Gasteiger partial charge >= 0.3 is 5.97 Å². The lowest BCUT2D eigenvalue weighted by Crippen LogP contribution is -2.32. The minimum Gasteiger partial charge on any atom is -0.426 e. The number of nitrogens with zero attached hydrogens (tertiary/aromatic N) is 2. The molecule has 4 fully saturated rings. The molecule has 0 aromatic heterocycles. The van der Waals surface area contributed by atoms with Crippen molar-refractivity contribution in [2.45, 2.75) is 39.5 Å². The minimum absolute atomic E-state index is 0.0849. The SMILES string of the molecule is Cc1cccc(C)c1N1C[C@H](C(=O)Oc2cccc(N3C(=O)[C@@H]4[C@H]5CC[C@@H](C5)[C@@H]4C3=O)c2)CC1=O. The van der Waals surface area contributed by atoms with Gasteiger partial charge in [-0.25, -0.2) is 4.90 Å². The van der Waals surface area contributed by atoms with Crippen LogP contribution in [0.4, 0.5) is 11.4 Å². The highest BCUT2D eigenvalue weighted by Gasteiger charge is 2.61. The van der Waals surface area contributed by atoms with Crippen LogP contribution in [0.25, 0.3) is 0 Å². The molecule has 0 radical (unpaired) electrons. The zero-order valence-corrected chi connectivity index (χ0v) is 19.9. The van der Waals surface area contributed by atoms with E-state index in [1.807, 2.05) is 32.0 Å². The van der Waals surface area contributed by atoms with E-state index in [4.69, 9.17) is 4.74 Å². The molecule has 0 N–H and O–H groups in total. The van der Waals surface area contributed by atoms with Crippen LogP contribution in [0.5, 0.6) is 5.75 Å². The summed E-state index contributed by atoms with van der Waals surface area (Å²) in [6.07, 6.45) is 3.12. The third-order valence-corrected chi connectivity index (χ3v) is 8.39. The predicted octanol–water partition coefficient (Wildman–Crippen LogP) is 3.80. The van der Waals surface area contributed by atoms with Crippen molar-refractivity contribution in [2.24, 2.45) is 29.6 Å². The molecular formula is C28H28N2O5. The summed E-state index contributed by atoms with van der Waals surface area (Å²) in [6, 6.07) is 12.5. The van der Waals surface area contributed by atoms with Gasteiger partial charge in [-0.2, -0.15) is 0 Å². The van der Waals surface area contributed by atoms with E-state index >= 15 is 0 Å². The van der Waals surface area contributed by atoms with E-state index in [9.17, 15) is 19.2 Å². The fourth-order valence-electron chi connectivity index (χ4n) is 6.86. The molecule has 2 saturated heterocycles. The Labute approximate surface area is 204 Å². The summed E-state index contributed by atoms with van der Waals surface area (Å²) >= 11 is 0. The molecule has 2 aliphatic heterocycles. The Balaban J connectivity index is 1.18. The second-order valence-electron chi connectivity index (χ2n) is 10.5. The average Bonchev–Trinajstić information content (AvgIpc) is 3.58. The van der Waals surface area contributed by atoms with Gasteiger partial charge in [0, 0.05) is 24.7 Å². The van der Waals surface area contributed by atoms with Gasteiger partial charge in [0.05, 0.1) is 23.4 Å². The summed E-state index contributed by atoms with van der Waals surface area (Å²) in [5.74, 6) is -0.935. The molecule has 2 aromatic carbocycles. The number of anilines is 2. The fraction of sp³-hybridized carbons (Fsp3) is 0.429. The van der Waals surface area contributed by atoms with Crippen molar-refractivity contribution in [1.29, 1.82) is 0 Å². The maximum absolute atomic E-state index is 13.1. The largest absolute Gasteiger partial charge is 0.426 e. The number of hydrogen-bond donors (Lipinski definition) is 0. The van der Waals surface area contributed by atoms with E-state index in [0.29, 0.717) is 17.5 Å². The average molecular weight is 473 g/mol. The van der Waals surface area contributed by atoms with Gasteiger partial charge in [-0.05, 0) is 68.2 Å². The molecule has 0 unspecified atom stereocenters. The third kappa shape index (κ3) is 3.39. The molecular weight excluding hydrogens is 444 g/mol. The summed E-state index contributed by atoms with van der Waals surface area (Å²) in [7, 11) is 0. The first-order valence-corrected chi connectivity index (χ1v) is 12.4. The highest BCUT2D eigenvalue weighted by Crippen LogP contribution is 2.56. The second-order valence-corrected chi connectivity index (χ2v) is 10.5. The van der Waals surface area contributed by atoms with Gasteiger partial charge in [-0.15, -0.1) is 0 Å². The van der Waals surface area contributed by atoms with Crippen LogP contribution in [0.15, 0.2) is 42.5 Å². The molecule has 7 heteroatoms. The first-order chi connectivity index (χ1) is 16.8. The molecule has 6 rings (SSSR count). The third-order valence-electron chi connectivity index (χ3n) is 8.39. The van der Waals surface area contributed by atoms with Crippen LogP contribution in [0.2, 0.25) is 0 Å². The fourth-order valence-corrected chi connectivity index (χ4v) is 6.86. The smallest absolute Gasteiger partial charge is 0.316 e. The van der Waals surface area contributed by atoms with E-state index in [2.05, 4.69) is 0 Å². The molecule has 2 saturated carbocycles. The number of amides is 3. The normalized spacial score (nSPS) is 29.3. The van der Waals surface area contributed by atoms with E-state index in [-0.39, 0.29) is 48.3 Å². The number of benzene rings is 2. The van der Waals surface area contributed by atoms with Crippen molar-refractivity contribution in [2.75, 3.05) is 16.3 Å². The number of carbonyl (C=O) groups excluding carboxylic acids is 4. The van der Waals surface area contributed by atoms with Crippen LogP contribution < -0.4 is 14.5 Å². The molecule has 0 spiro atoms. The lowest BCUT2D eigenvalue weighted by molar-refractivity contribution is -0.139. The lowest BCUT2D eigenvalue weighted by Gasteiger charge is -2.21. The Bertz CT molecular complexity index is 1220. The quantitative estimate of drug-likeness (QED) is 0.384. The first-order valence-electron chi connectivity index (χ1n) is 12.4. The summed E-state index contributed by atoms with van der Waals surface area (Å²) in [5, 5.41) is 0. The van der Waals surface area contributed by atoms with Crippen molar-refractivity contribution in [3.05, 3.63) is 53.6 Å². The number of rotatable bonds is 4. The van der Waals surface area contributed by atoms with Gasteiger partial charge in [0.2, 0.25) is 17.7 Å². The van der Waals surface area contributed by atoms with Crippen LogP contribution in [0, 0.1) is 43.4 Å². The van der Waals surface area contributed by atoms with Crippen LogP contribution >= 0.6 is 0 Å². The summed E-state index contributed by atoms with van der Waals surface area (Å²) in [5.41, 5.74) is 3.26. The Kier molecular flexibility index (Phi) is 5.06. The van der Waals surface area contributed by atoms with Crippen molar-refractivity contribution in [3.63, 3.8) is 0 Å². The molecule has 2 heterocycles. The van der Waals surface area contributed by atoms with E-state index < -0.39 is 11.9 Å². The molecule has 2 aromatic rings. The van der Waals surface area contributed by atoms with Gasteiger partial charge in [0.1, 0.15) is 5.75 Å². The number of aryl methyl sites for hydroxylation is 2. The summed E-state index contributed by atoms with van der Waals surface area (Å²) in [4.78, 5) is 55.0. The topological polar surface area (TPSA) is 84.0 Å². The Hall–Kier alpha value is -3.48. The predicted molar refractivity (Wildman–Crippen MR) is 129 cm³/mol. The Morgan fingerprint density at radius 3 is 2.20 bits per heavy atom. The highest BCUT2D eigenvalue weighted by atomic mass is 16.5. The second kappa shape index (κ2) is 8.04. The minimum atomic E-state index is -0.588. The summed E-state index contributed by atoms with van der Waals surface area (Å²) < 4.78 is 5.64. The zero-order valence-electron chi connectivity index (χ0n) is 19.9. The van der Waals surface area contributed by atoms with Crippen LogP contribution in [-0.2, 0) is 19.2 Å². The van der Waals surface area contributed by atoms with Gasteiger partial charge in [0.25, 0.3) is 0 Å². The first kappa shape index (κ1) is 22.0. The number of ether oxygens (including phenoxy) is 1. The molecule has 180 valence electrons. The van der Waals surface area contributed by atoms with Gasteiger partial charge in [-0.3, -0.25) is 19.2 Å². The molecule has 7 nitrogen and oxygen atoms in total. The van der Waals surface area contributed by atoms with Crippen LogP contribution in [0.3, 0.4) is 0 Å². The van der Waals surface area contributed by atoms with Crippen molar-refractivity contribution in [3.8, 4) is 5.75 Å². The number of carbonyl (C=O) groups is 4. The number of esters is 1. The summed E-state index contributed by atoms with van der Waals surface area (Å²) in [6.45, 7) is 4.17. The standard InChI is InChI=1S/C28H28N2O5/c1-15-5-3-6-16(2)25(15)29-14-19(12-22(29)31)28(34)35-21-8-4-7-20(13-21)30-26(32)23-17-9-10-18(11-17)24(23)27(30)33/h3-8,13,17-19,23-24H,9-12,14H2,1-2H3/t17-,18-,19+,23-,24+/m0/s1. The van der Waals surface area contributed by atoms with Crippen molar-refractivity contribution >= 4 is 35.1 Å². The lowest BCUT2D eigenvalue weighted by atomic mass is 9.81. The molecule has 35 heavy (non-hydrogen) atoms. The maximum atomic E-state index is 13.1. The van der Waals surface area contributed by atoms with Crippen molar-refractivity contribution in [1.82, 2.24) is 0 Å². The van der Waals surface area contributed by atoms with Crippen LogP contribution in [-0.4, -0.2) is 30.2 Å². The molecule has 3 amide bonds. The number of para-hydroxylation sites is 1. The van der Waals surface area contributed by atoms with Gasteiger partial charge < -0.3 is 9.64 Å². The monoisotopic (exact) mass is 472 g/mol. The molecule has 4 aliphatic rings. The zero-order chi connectivity index (χ0) is 24.4. The van der Waals surface area contributed by atoms with E-state index in [1.165, 1.54) is 4.90 Å². The van der Waals surface area contributed by atoms with E-state index in [0.717, 1.165) is 36.1 Å². The number of fused-ring (bicyclic) bond motifs is 5. The molecule has 2 aliphatic carbocycles. The maximum Gasteiger partial charge on any atom is 0.316 e. The van der Waals surface area contributed by atoms with Crippen LogP contribution in [0.1, 0.15) is 36.8 Å². The highest BCUT2D eigenvalue weighted by molar-refractivity contribution is 6.22. The number of imide groups is 1. The molecule has 2 bridgehead atoms. The Morgan fingerprint density at radius 2 is 1.54 bits per heavy atom. The van der Waals surface area contributed by atoms with Gasteiger partial charge in [0.15, 0.2) is 0 Å².